The highest BCUT2D eigenvalue weighted by Gasteiger charge is 2.43. The van der Waals surface area contributed by atoms with Crippen molar-refractivity contribution >= 4 is 6.03 Å². The third-order valence-corrected chi connectivity index (χ3v) is 4.07. The van der Waals surface area contributed by atoms with Crippen LogP contribution in [0.3, 0.4) is 0 Å². The maximum Gasteiger partial charge on any atom is 0.320 e. The van der Waals surface area contributed by atoms with Crippen LogP contribution in [0.1, 0.15) is 26.2 Å². The molecule has 0 spiro atoms. The van der Waals surface area contributed by atoms with Crippen molar-refractivity contribution in [1.82, 2.24) is 9.80 Å². The van der Waals surface area contributed by atoms with E-state index in [0.717, 1.165) is 32.6 Å². The molecule has 4 nitrogen and oxygen atoms in total. The largest absolute Gasteiger partial charge is 0.373 e. The minimum absolute atomic E-state index is 0.239. The number of fused-ring (bicyclic) bond motifs is 1. The number of carbonyl (C=O) groups excluding carboxylic acids is 1. The van der Waals surface area contributed by atoms with Crippen LogP contribution in [0.25, 0.3) is 0 Å². The summed E-state index contributed by atoms with van der Waals surface area (Å²) in [5.41, 5.74) is 0. The predicted octanol–water partition coefficient (Wildman–Crippen LogP) is 1.31. The molecule has 90 valence electrons. The van der Waals surface area contributed by atoms with Crippen molar-refractivity contribution in [2.24, 2.45) is 5.92 Å². The molecular formula is C12H20N2O2. The van der Waals surface area contributed by atoms with Gasteiger partial charge in [0.2, 0.25) is 0 Å². The molecule has 3 rings (SSSR count). The fourth-order valence-corrected chi connectivity index (χ4v) is 3.27. The molecule has 0 radical (unpaired) electrons. The molecule has 2 amide bonds. The molecule has 0 bridgehead atoms. The van der Waals surface area contributed by atoms with Gasteiger partial charge in [0, 0.05) is 32.1 Å². The minimum atomic E-state index is 0.239. The lowest BCUT2D eigenvalue weighted by Gasteiger charge is -2.24. The van der Waals surface area contributed by atoms with Crippen molar-refractivity contribution in [3.8, 4) is 0 Å². The van der Waals surface area contributed by atoms with Crippen molar-refractivity contribution < 1.29 is 9.53 Å². The van der Waals surface area contributed by atoms with Crippen molar-refractivity contribution in [2.75, 3.05) is 26.2 Å². The second-order valence-corrected chi connectivity index (χ2v) is 5.36. The lowest BCUT2D eigenvalue weighted by Crippen LogP contribution is -2.41. The molecule has 0 N–H and O–H groups in total. The zero-order chi connectivity index (χ0) is 11.1. The van der Waals surface area contributed by atoms with E-state index in [4.69, 9.17) is 4.74 Å². The Morgan fingerprint density at radius 1 is 1.19 bits per heavy atom. The van der Waals surface area contributed by atoms with Crippen LogP contribution in [0.4, 0.5) is 4.79 Å². The molecular weight excluding hydrogens is 204 g/mol. The number of hydrogen-bond acceptors (Lipinski definition) is 2. The molecule has 0 aliphatic carbocycles. The Bertz CT molecular complexity index is 275. The lowest BCUT2D eigenvalue weighted by molar-refractivity contribution is 0.0496. The van der Waals surface area contributed by atoms with Gasteiger partial charge in [-0.1, -0.05) is 0 Å². The Labute approximate surface area is 96.5 Å². The standard InChI is InChI=1S/C12H20N2O2/c1-9-6-10-7-14(8-11(10)16-9)12(15)13-4-2-3-5-13/h9-11H,2-8H2,1H3/t9-,10-,11+/m1/s1. The number of hydrogen-bond donors (Lipinski definition) is 0. The Kier molecular flexibility index (Phi) is 2.54. The van der Waals surface area contributed by atoms with Crippen LogP contribution in [-0.2, 0) is 4.74 Å². The van der Waals surface area contributed by atoms with Gasteiger partial charge in [0.25, 0.3) is 0 Å². The number of ether oxygens (including phenoxy) is 1. The number of rotatable bonds is 0. The number of carbonyl (C=O) groups is 1. The molecule has 4 heteroatoms. The first-order valence-corrected chi connectivity index (χ1v) is 6.43. The van der Waals surface area contributed by atoms with Gasteiger partial charge in [-0.05, 0) is 26.2 Å². The van der Waals surface area contributed by atoms with E-state index in [2.05, 4.69) is 6.92 Å². The zero-order valence-electron chi connectivity index (χ0n) is 9.89. The maximum atomic E-state index is 12.2. The highest BCUT2D eigenvalue weighted by Crippen LogP contribution is 2.33. The van der Waals surface area contributed by atoms with Crippen LogP contribution in [-0.4, -0.2) is 54.2 Å². The first-order valence-electron chi connectivity index (χ1n) is 6.43. The summed E-state index contributed by atoms with van der Waals surface area (Å²) in [7, 11) is 0. The highest BCUT2D eigenvalue weighted by atomic mass is 16.5. The van der Waals surface area contributed by atoms with Gasteiger partial charge in [0.05, 0.1) is 12.2 Å². The van der Waals surface area contributed by atoms with Gasteiger partial charge < -0.3 is 14.5 Å². The average molecular weight is 224 g/mol. The summed E-state index contributed by atoms with van der Waals surface area (Å²) in [6.07, 6.45) is 4.15. The first-order chi connectivity index (χ1) is 7.74. The van der Waals surface area contributed by atoms with Crippen molar-refractivity contribution in [1.29, 1.82) is 0 Å². The summed E-state index contributed by atoms with van der Waals surface area (Å²) in [4.78, 5) is 16.1. The third kappa shape index (κ3) is 1.69. The SMILES string of the molecule is C[C@@H]1C[C@@H]2CN(C(=O)N3CCCC3)C[C@@H]2O1. The Balaban J connectivity index is 1.60. The smallest absolute Gasteiger partial charge is 0.320 e. The van der Waals surface area contributed by atoms with Crippen LogP contribution < -0.4 is 0 Å². The van der Waals surface area contributed by atoms with Gasteiger partial charge in [0.15, 0.2) is 0 Å². The number of nitrogens with zero attached hydrogens (tertiary/aromatic N) is 2. The van der Waals surface area contributed by atoms with Crippen LogP contribution in [0, 0.1) is 5.92 Å². The number of likely N-dealkylation sites (tertiary alicyclic amines) is 2. The summed E-state index contributed by atoms with van der Waals surface area (Å²) in [5.74, 6) is 0.585. The van der Waals surface area contributed by atoms with Gasteiger partial charge in [-0.15, -0.1) is 0 Å². The first kappa shape index (κ1) is 10.4. The van der Waals surface area contributed by atoms with Crippen LogP contribution >= 0.6 is 0 Å². The summed E-state index contributed by atoms with van der Waals surface area (Å²) in [6.45, 7) is 5.74. The molecule has 3 aliphatic rings. The van der Waals surface area contributed by atoms with Gasteiger partial charge in [0.1, 0.15) is 0 Å². The summed E-state index contributed by atoms with van der Waals surface area (Å²) >= 11 is 0. The lowest BCUT2D eigenvalue weighted by atomic mass is 10.0. The van der Waals surface area contributed by atoms with E-state index in [1.807, 2.05) is 9.80 Å². The van der Waals surface area contributed by atoms with Gasteiger partial charge in [-0.25, -0.2) is 4.79 Å². The Morgan fingerprint density at radius 3 is 2.62 bits per heavy atom. The molecule has 0 aromatic carbocycles. The maximum absolute atomic E-state index is 12.2. The van der Waals surface area contributed by atoms with Gasteiger partial charge in [-0.2, -0.15) is 0 Å². The molecule has 0 aromatic heterocycles. The van der Waals surface area contributed by atoms with Crippen molar-refractivity contribution in [3.05, 3.63) is 0 Å². The Hall–Kier alpha value is -0.770. The zero-order valence-corrected chi connectivity index (χ0v) is 9.89. The topological polar surface area (TPSA) is 32.8 Å². The van der Waals surface area contributed by atoms with Crippen molar-refractivity contribution in [2.45, 2.75) is 38.4 Å². The predicted molar refractivity (Wildman–Crippen MR) is 60.2 cm³/mol. The minimum Gasteiger partial charge on any atom is -0.373 e. The van der Waals surface area contributed by atoms with Gasteiger partial charge in [-0.3, -0.25) is 0 Å². The van der Waals surface area contributed by atoms with Crippen molar-refractivity contribution in [3.63, 3.8) is 0 Å². The molecule has 16 heavy (non-hydrogen) atoms. The fraction of sp³-hybridized carbons (Fsp3) is 0.917. The average Bonchev–Trinajstić information content (AvgIpc) is 2.89. The molecule has 3 fully saturated rings. The molecule has 3 saturated heterocycles. The number of amides is 2. The van der Waals surface area contributed by atoms with Crippen LogP contribution in [0.15, 0.2) is 0 Å². The summed E-state index contributed by atoms with van der Waals surface area (Å²) < 4.78 is 5.82. The Morgan fingerprint density at radius 2 is 1.94 bits per heavy atom. The molecule has 3 atom stereocenters. The second-order valence-electron chi connectivity index (χ2n) is 5.36. The second kappa shape index (κ2) is 3.91. The quantitative estimate of drug-likeness (QED) is 0.621. The number of urea groups is 1. The van der Waals surface area contributed by atoms with Crippen LogP contribution in [0.5, 0.6) is 0 Å². The van der Waals surface area contributed by atoms with E-state index in [1.54, 1.807) is 0 Å². The van der Waals surface area contributed by atoms with Gasteiger partial charge >= 0.3 is 6.03 Å². The normalized spacial score (nSPS) is 38.2. The highest BCUT2D eigenvalue weighted by molar-refractivity contribution is 5.75. The molecule has 0 aromatic rings. The third-order valence-electron chi connectivity index (χ3n) is 4.07. The fourth-order valence-electron chi connectivity index (χ4n) is 3.27. The summed E-state index contributed by atoms with van der Waals surface area (Å²) in [6, 6.07) is 0.239. The van der Waals surface area contributed by atoms with E-state index in [-0.39, 0.29) is 6.03 Å². The monoisotopic (exact) mass is 224 g/mol. The molecule has 0 saturated carbocycles. The molecule has 3 aliphatic heterocycles. The van der Waals surface area contributed by atoms with E-state index in [1.165, 1.54) is 12.8 Å². The van der Waals surface area contributed by atoms with E-state index >= 15 is 0 Å². The molecule has 0 unspecified atom stereocenters. The molecule has 3 heterocycles. The van der Waals surface area contributed by atoms with E-state index in [0.29, 0.717) is 18.1 Å². The van der Waals surface area contributed by atoms with Crippen LogP contribution in [0.2, 0.25) is 0 Å². The van der Waals surface area contributed by atoms with E-state index in [9.17, 15) is 4.79 Å². The summed E-state index contributed by atoms with van der Waals surface area (Å²) in [5, 5.41) is 0. The van der Waals surface area contributed by atoms with E-state index < -0.39 is 0 Å².